The van der Waals surface area contributed by atoms with Gasteiger partial charge in [0.05, 0.1) is 16.3 Å². The standard InChI is InChI=1S/C13H11ClFN3O/c1-7-2-3-9(14)10(6-7)18-13(19)8-4-5-17-12(16)11(8)15/h2-6H,1H3,(H2,16,17)(H,18,19). The Kier molecular flexibility index (Phi) is 3.66. The summed E-state index contributed by atoms with van der Waals surface area (Å²) in [5.41, 5.74) is 6.48. The second-order valence-corrected chi connectivity index (χ2v) is 4.40. The Bertz CT molecular complexity index is 646. The first-order valence-corrected chi connectivity index (χ1v) is 5.84. The quantitative estimate of drug-likeness (QED) is 0.888. The average molecular weight is 280 g/mol. The minimum Gasteiger partial charge on any atom is -0.381 e. The van der Waals surface area contributed by atoms with Crippen molar-refractivity contribution in [3.63, 3.8) is 0 Å². The van der Waals surface area contributed by atoms with Gasteiger partial charge < -0.3 is 11.1 Å². The summed E-state index contributed by atoms with van der Waals surface area (Å²) in [5.74, 6) is -1.79. The van der Waals surface area contributed by atoms with Gasteiger partial charge in [-0.1, -0.05) is 17.7 Å². The minimum absolute atomic E-state index is 0.176. The van der Waals surface area contributed by atoms with Crippen molar-refractivity contribution in [3.05, 3.63) is 52.4 Å². The van der Waals surface area contributed by atoms with E-state index in [0.29, 0.717) is 10.7 Å². The molecule has 3 N–H and O–H groups in total. The van der Waals surface area contributed by atoms with Crippen LogP contribution in [0.25, 0.3) is 0 Å². The summed E-state index contributed by atoms with van der Waals surface area (Å²) in [4.78, 5) is 15.5. The second-order valence-electron chi connectivity index (χ2n) is 4.00. The van der Waals surface area contributed by atoms with Gasteiger partial charge in [0.15, 0.2) is 11.6 Å². The van der Waals surface area contributed by atoms with Gasteiger partial charge in [0.1, 0.15) is 0 Å². The molecule has 1 amide bonds. The maximum atomic E-state index is 13.7. The van der Waals surface area contributed by atoms with E-state index in [2.05, 4.69) is 10.3 Å². The highest BCUT2D eigenvalue weighted by atomic mass is 35.5. The number of hydrogen-bond acceptors (Lipinski definition) is 3. The summed E-state index contributed by atoms with van der Waals surface area (Å²) in [6, 6.07) is 6.42. The third-order valence-corrected chi connectivity index (χ3v) is 2.86. The van der Waals surface area contributed by atoms with Crippen molar-refractivity contribution in [2.24, 2.45) is 0 Å². The number of nitrogens with two attached hydrogens (primary N) is 1. The molecule has 0 aliphatic rings. The van der Waals surface area contributed by atoms with Crippen LogP contribution in [0.2, 0.25) is 5.02 Å². The molecule has 1 aromatic heterocycles. The van der Waals surface area contributed by atoms with Crippen molar-refractivity contribution in [1.29, 1.82) is 0 Å². The van der Waals surface area contributed by atoms with E-state index in [1.165, 1.54) is 12.3 Å². The molecule has 98 valence electrons. The first kappa shape index (κ1) is 13.3. The molecule has 0 saturated heterocycles. The number of amides is 1. The van der Waals surface area contributed by atoms with Crippen molar-refractivity contribution in [2.45, 2.75) is 6.92 Å². The zero-order valence-electron chi connectivity index (χ0n) is 10.1. The molecular weight excluding hydrogens is 269 g/mol. The predicted molar refractivity (Wildman–Crippen MR) is 72.7 cm³/mol. The Balaban J connectivity index is 2.31. The number of aromatic nitrogens is 1. The van der Waals surface area contributed by atoms with Gasteiger partial charge in [0.2, 0.25) is 0 Å². The lowest BCUT2D eigenvalue weighted by molar-refractivity contribution is 0.102. The normalized spacial score (nSPS) is 10.3. The van der Waals surface area contributed by atoms with E-state index in [1.807, 2.05) is 13.0 Å². The maximum Gasteiger partial charge on any atom is 0.258 e. The van der Waals surface area contributed by atoms with Crippen LogP contribution >= 0.6 is 11.6 Å². The summed E-state index contributed by atoms with van der Waals surface area (Å²) in [7, 11) is 0. The van der Waals surface area contributed by atoms with Crippen molar-refractivity contribution in [3.8, 4) is 0 Å². The van der Waals surface area contributed by atoms with Gasteiger partial charge in [0.25, 0.3) is 5.91 Å². The Labute approximate surface area is 114 Å². The second kappa shape index (κ2) is 5.24. The van der Waals surface area contributed by atoms with Crippen LogP contribution < -0.4 is 11.1 Å². The molecule has 4 nitrogen and oxygen atoms in total. The molecular formula is C13H11ClFN3O. The van der Waals surface area contributed by atoms with Crippen molar-refractivity contribution >= 4 is 29.0 Å². The zero-order chi connectivity index (χ0) is 14.0. The summed E-state index contributed by atoms with van der Waals surface area (Å²) < 4.78 is 13.7. The molecule has 1 aromatic carbocycles. The first-order chi connectivity index (χ1) is 8.99. The van der Waals surface area contributed by atoms with Crippen LogP contribution in [0.3, 0.4) is 0 Å². The van der Waals surface area contributed by atoms with E-state index in [0.717, 1.165) is 5.56 Å². The lowest BCUT2D eigenvalue weighted by Crippen LogP contribution is -2.15. The van der Waals surface area contributed by atoms with E-state index in [4.69, 9.17) is 17.3 Å². The number of halogens is 2. The van der Waals surface area contributed by atoms with Crippen LogP contribution in [0.4, 0.5) is 15.9 Å². The van der Waals surface area contributed by atoms with E-state index >= 15 is 0 Å². The van der Waals surface area contributed by atoms with E-state index in [1.54, 1.807) is 12.1 Å². The number of carbonyl (C=O) groups excluding carboxylic acids is 1. The minimum atomic E-state index is -0.844. The Hall–Kier alpha value is -2.14. The maximum absolute atomic E-state index is 13.7. The largest absolute Gasteiger partial charge is 0.381 e. The number of anilines is 2. The molecule has 0 fully saturated rings. The summed E-state index contributed by atoms with van der Waals surface area (Å²) in [6.45, 7) is 1.86. The number of aryl methyl sites for hydroxylation is 1. The van der Waals surface area contributed by atoms with Gasteiger partial charge >= 0.3 is 0 Å². The fourth-order valence-electron chi connectivity index (χ4n) is 1.56. The predicted octanol–water partition coefficient (Wildman–Crippen LogP) is 3.02. The van der Waals surface area contributed by atoms with Crippen LogP contribution in [0, 0.1) is 12.7 Å². The summed E-state index contributed by atoms with van der Waals surface area (Å²) in [5, 5.41) is 2.92. The molecule has 0 aliphatic carbocycles. The van der Waals surface area contributed by atoms with Gasteiger partial charge in [-0.15, -0.1) is 0 Å². The molecule has 0 saturated carbocycles. The highest BCUT2D eigenvalue weighted by Crippen LogP contribution is 2.24. The smallest absolute Gasteiger partial charge is 0.258 e. The Morgan fingerprint density at radius 2 is 2.16 bits per heavy atom. The number of carbonyl (C=O) groups is 1. The average Bonchev–Trinajstić information content (AvgIpc) is 2.37. The van der Waals surface area contributed by atoms with Gasteiger partial charge in [-0.25, -0.2) is 9.37 Å². The van der Waals surface area contributed by atoms with Crippen LogP contribution in [0.15, 0.2) is 30.5 Å². The SMILES string of the molecule is Cc1ccc(Cl)c(NC(=O)c2ccnc(N)c2F)c1. The fourth-order valence-corrected chi connectivity index (χ4v) is 1.72. The molecule has 2 aromatic rings. The highest BCUT2D eigenvalue weighted by molar-refractivity contribution is 6.34. The molecule has 6 heteroatoms. The summed E-state index contributed by atoms with van der Waals surface area (Å²) in [6.07, 6.45) is 1.27. The van der Waals surface area contributed by atoms with E-state index < -0.39 is 11.7 Å². The molecule has 0 bridgehead atoms. The number of benzene rings is 1. The van der Waals surface area contributed by atoms with Crippen LogP contribution in [0.1, 0.15) is 15.9 Å². The fraction of sp³-hybridized carbons (Fsp3) is 0.0769. The first-order valence-electron chi connectivity index (χ1n) is 5.46. The topological polar surface area (TPSA) is 68.0 Å². The number of nitrogens with zero attached hydrogens (tertiary/aromatic N) is 1. The van der Waals surface area contributed by atoms with Gasteiger partial charge in [-0.05, 0) is 30.7 Å². The van der Waals surface area contributed by atoms with Crippen molar-refractivity contribution in [1.82, 2.24) is 4.98 Å². The van der Waals surface area contributed by atoms with Gasteiger partial charge in [-0.2, -0.15) is 0 Å². The lowest BCUT2D eigenvalue weighted by atomic mass is 10.2. The number of hydrogen-bond donors (Lipinski definition) is 2. The molecule has 0 spiro atoms. The molecule has 19 heavy (non-hydrogen) atoms. The molecule has 0 radical (unpaired) electrons. The molecule has 0 aliphatic heterocycles. The third kappa shape index (κ3) is 2.82. The summed E-state index contributed by atoms with van der Waals surface area (Å²) >= 11 is 5.95. The Morgan fingerprint density at radius 3 is 2.89 bits per heavy atom. The number of nitrogen functional groups attached to an aromatic ring is 1. The highest BCUT2D eigenvalue weighted by Gasteiger charge is 2.15. The van der Waals surface area contributed by atoms with Crippen LogP contribution in [0.5, 0.6) is 0 Å². The molecule has 0 unspecified atom stereocenters. The third-order valence-electron chi connectivity index (χ3n) is 2.53. The number of pyridine rings is 1. The monoisotopic (exact) mass is 279 g/mol. The van der Waals surface area contributed by atoms with Crippen molar-refractivity contribution in [2.75, 3.05) is 11.1 Å². The van der Waals surface area contributed by atoms with Gasteiger partial charge in [-0.3, -0.25) is 4.79 Å². The molecule has 1 heterocycles. The van der Waals surface area contributed by atoms with Crippen molar-refractivity contribution < 1.29 is 9.18 Å². The molecule has 0 atom stereocenters. The number of nitrogens with one attached hydrogen (secondary N) is 1. The van der Waals surface area contributed by atoms with E-state index in [-0.39, 0.29) is 11.4 Å². The van der Waals surface area contributed by atoms with Crippen LogP contribution in [-0.4, -0.2) is 10.9 Å². The van der Waals surface area contributed by atoms with Gasteiger partial charge in [0, 0.05) is 6.20 Å². The van der Waals surface area contributed by atoms with Crippen LogP contribution in [-0.2, 0) is 0 Å². The zero-order valence-corrected chi connectivity index (χ0v) is 10.8. The Morgan fingerprint density at radius 1 is 1.42 bits per heavy atom. The number of rotatable bonds is 2. The lowest BCUT2D eigenvalue weighted by Gasteiger charge is -2.09. The molecule has 2 rings (SSSR count). The van der Waals surface area contributed by atoms with E-state index in [9.17, 15) is 9.18 Å².